The van der Waals surface area contributed by atoms with Crippen molar-refractivity contribution in [2.75, 3.05) is 6.54 Å². The molecule has 0 aliphatic carbocycles. The van der Waals surface area contributed by atoms with Crippen molar-refractivity contribution in [3.05, 3.63) is 17.1 Å². The fourth-order valence-corrected chi connectivity index (χ4v) is 1.85. The SMILES string of the molecule is CC(=O)CCCC(=O)NCCc1cnsc1. The lowest BCUT2D eigenvalue weighted by atomic mass is 10.2. The quantitative estimate of drug-likeness (QED) is 0.787. The second kappa shape index (κ2) is 7.11. The highest BCUT2D eigenvalue weighted by Crippen LogP contribution is 2.01. The number of hydrogen-bond acceptors (Lipinski definition) is 4. The summed E-state index contributed by atoms with van der Waals surface area (Å²) < 4.78 is 3.98. The number of nitrogens with one attached hydrogen (secondary N) is 1. The van der Waals surface area contributed by atoms with Crippen molar-refractivity contribution in [1.29, 1.82) is 0 Å². The van der Waals surface area contributed by atoms with Gasteiger partial charge in [0.25, 0.3) is 0 Å². The number of hydrogen-bond donors (Lipinski definition) is 1. The lowest BCUT2D eigenvalue weighted by molar-refractivity contribution is -0.121. The molecule has 0 aliphatic rings. The van der Waals surface area contributed by atoms with Gasteiger partial charge in [-0.25, -0.2) is 4.37 Å². The van der Waals surface area contributed by atoms with Gasteiger partial charge in [-0.2, -0.15) is 0 Å². The standard InChI is InChI=1S/C11H16N2O2S/c1-9(14)3-2-4-11(15)12-6-5-10-7-13-16-8-10/h7-8H,2-6H2,1H3,(H,12,15). The Morgan fingerprint density at radius 3 is 2.88 bits per heavy atom. The zero-order chi connectivity index (χ0) is 11.8. The fourth-order valence-electron chi connectivity index (χ4n) is 1.28. The molecule has 1 aromatic rings. The molecule has 0 atom stereocenters. The minimum atomic E-state index is 0.0180. The van der Waals surface area contributed by atoms with E-state index < -0.39 is 0 Å². The molecule has 0 radical (unpaired) electrons. The first-order valence-corrected chi connectivity index (χ1v) is 6.16. The summed E-state index contributed by atoms with van der Waals surface area (Å²) >= 11 is 1.42. The van der Waals surface area contributed by atoms with Crippen molar-refractivity contribution in [2.45, 2.75) is 32.6 Å². The highest BCUT2D eigenvalue weighted by Gasteiger charge is 2.02. The van der Waals surface area contributed by atoms with Crippen LogP contribution in [0, 0.1) is 0 Å². The van der Waals surface area contributed by atoms with Crippen LogP contribution in [0.25, 0.3) is 0 Å². The molecule has 1 N–H and O–H groups in total. The van der Waals surface area contributed by atoms with E-state index in [2.05, 4.69) is 9.69 Å². The number of Topliss-reactive ketones (excluding diaryl/α,β-unsaturated/α-hetero) is 1. The van der Waals surface area contributed by atoms with E-state index in [0.29, 0.717) is 25.8 Å². The fraction of sp³-hybridized carbons (Fsp3) is 0.545. The molecule has 0 saturated carbocycles. The monoisotopic (exact) mass is 240 g/mol. The van der Waals surface area contributed by atoms with Crippen LogP contribution in [-0.4, -0.2) is 22.6 Å². The topological polar surface area (TPSA) is 59.1 Å². The van der Waals surface area contributed by atoms with Gasteiger partial charge in [-0.1, -0.05) is 0 Å². The molecule has 5 heteroatoms. The van der Waals surface area contributed by atoms with E-state index in [1.807, 2.05) is 11.6 Å². The highest BCUT2D eigenvalue weighted by molar-refractivity contribution is 7.03. The summed E-state index contributed by atoms with van der Waals surface area (Å²) in [6.45, 7) is 2.18. The number of aromatic nitrogens is 1. The third-order valence-corrected chi connectivity index (χ3v) is 2.79. The Kier molecular flexibility index (Phi) is 5.71. The van der Waals surface area contributed by atoms with Gasteiger partial charge in [-0.05, 0) is 36.9 Å². The first-order valence-electron chi connectivity index (χ1n) is 5.33. The molecule has 0 spiro atoms. The average Bonchev–Trinajstić information content (AvgIpc) is 2.70. The van der Waals surface area contributed by atoms with Crippen LogP contribution in [0.1, 0.15) is 31.7 Å². The van der Waals surface area contributed by atoms with E-state index >= 15 is 0 Å². The molecule has 0 unspecified atom stereocenters. The van der Waals surface area contributed by atoms with E-state index in [1.165, 1.54) is 11.5 Å². The summed E-state index contributed by atoms with van der Waals surface area (Å²) in [5, 5.41) is 4.80. The predicted molar refractivity (Wildman–Crippen MR) is 63.4 cm³/mol. The van der Waals surface area contributed by atoms with Crippen LogP contribution in [0.4, 0.5) is 0 Å². The lowest BCUT2D eigenvalue weighted by Gasteiger charge is -2.03. The van der Waals surface area contributed by atoms with E-state index in [4.69, 9.17) is 0 Å². The van der Waals surface area contributed by atoms with Crippen LogP contribution in [0.2, 0.25) is 0 Å². The van der Waals surface area contributed by atoms with Crippen LogP contribution in [0.5, 0.6) is 0 Å². The summed E-state index contributed by atoms with van der Waals surface area (Å²) in [4.78, 5) is 22.0. The maximum Gasteiger partial charge on any atom is 0.220 e. The molecule has 1 rings (SSSR count). The summed E-state index contributed by atoms with van der Waals surface area (Å²) in [6, 6.07) is 0. The molecule has 0 fully saturated rings. The van der Waals surface area contributed by atoms with Crippen LogP contribution in [0.15, 0.2) is 11.6 Å². The zero-order valence-corrected chi connectivity index (χ0v) is 10.2. The van der Waals surface area contributed by atoms with Gasteiger partial charge >= 0.3 is 0 Å². The zero-order valence-electron chi connectivity index (χ0n) is 9.36. The van der Waals surface area contributed by atoms with Crippen molar-refractivity contribution < 1.29 is 9.59 Å². The van der Waals surface area contributed by atoms with E-state index in [1.54, 1.807) is 6.92 Å². The van der Waals surface area contributed by atoms with Crippen molar-refractivity contribution >= 4 is 23.2 Å². The van der Waals surface area contributed by atoms with Gasteiger partial charge in [0.05, 0.1) is 0 Å². The van der Waals surface area contributed by atoms with Gasteiger partial charge < -0.3 is 10.1 Å². The van der Waals surface area contributed by atoms with Gasteiger partial charge in [0.1, 0.15) is 5.78 Å². The Labute approximate surface area is 99.2 Å². The molecule has 1 amide bonds. The van der Waals surface area contributed by atoms with E-state index in [0.717, 1.165) is 12.0 Å². The molecular formula is C11H16N2O2S. The van der Waals surface area contributed by atoms with Crippen LogP contribution in [-0.2, 0) is 16.0 Å². The van der Waals surface area contributed by atoms with E-state index in [-0.39, 0.29) is 11.7 Å². The van der Waals surface area contributed by atoms with Crippen LogP contribution < -0.4 is 5.32 Å². The van der Waals surface area contributed by atoms with Crippen molar-refractivity contribution in [3.63, 3.8) is 0 Å². The minimum Gasteiger partial charge on any atom is -0.356 e. The molecule has 0 saturated heterocycles. The largest absolute Gasteiger partial charge is 0.356 e. The summed E-state index contributed by atoms with van der Waals surface area (Å²) in [5.74, 6) is 0.154. The third kappa shape index (κ3) is 5.60. The second-order valence-corrected chi connectivity index (χ2v) is 4.35. The summed E-state index contributed by atoms with van der Waals surface area (Å²) in [7, 11) is 0. The van der Waals surface area contributed by atoms with Gasteiger partial charge in [0, 0.05) is 31.0 Å². The molecule has 16 heavy (non-hydrogen) atoms. The summed E-state index contributed by atoms with van der Waals surface area (Å²) in [5.41, 5.74) is 1.15. The number of nitrogens with zero attached hydrogens (tertiary/aromatic N) is 1. The smallest absolute Gasteiger partial charge is 0.220 e. The molecule has 4 nitrogen and oxygen atoms in total. The highest BCUT2D eigenvalue weighted by atomic mass is 32.1. The average molecular weight is 240 g/mol. The molecule has 1 heterocycles. The number of carbonyl (C=O) groups is 2. The maximum atomic E-state index is 11.3. The Morgan fingerprint density at radius 1 is 1.44 bits per heavy atom. The Morgan fingerprint density at radius 2 is 2.25 bits per heavy atom. The van der Waals surface area contributed by atoms with Gasteiger partial charge in [-0.15, -0.1) is 0 Å². The lowest BCUT2D eigenvalue weighted by Crippen LogP contribution is -2.25. The number of rotatable bonds is 7. The normalized spacial score (nSPS) is 10.1. The Bertz CT molecular complexity index is 336. The van der Waals surface area contributed by atoms with Gasteiger partial charge in [-0.3, -0.25) is 4.79 Å². The van der Waals surface area contributed by atoms with Crippen LogP contribution >= 0.6 is 11.5 Å². The molecule has 88 valence electrons. The van der Waals surface area contributed by atoms with Gasteiger partial charge in [0.2, 0.25) is 5.91 Å². The maximum absolute atomic E-state index is 11.3. The van der Waals surface area contributed by atoms with Crippen molar-refractivity contribution in [2.24, 2.45) is 0 Å². The number of ketones is 1. The molecule has 0 aliphatic heterocycles. The Balaban J connectivity index is 2.04. The number of amides is 1. The summed E-state index contributed by atoms with van der Waals surface area (Å²) in [6.07, 6.45) is 4.19. The van der Waals surface area contributed by atoms with E-state index in [9.17, 15) is 9.59 Å². The first kappa shape index (κ1) is 12.8. The molecule has 0 aromatic carbocycles. The van der Waals surface area contributed by atoms with Crippen molar-refractivity contribution in [1.82, 2.24) is 9.69 Å². The predicted octanol–water partition coefficient (Wildman–Crippen LogP) is 1.56. The third-order valence-electron chi connectivity index (χ3n) is 2.15. The molecule has 1 aromatic heterocycles. The number of carbonyl (C=O) groups excluding carboxylic acids is 2. The second-order valence-electron chi connectivity index (χ2n) is 3.69. The van der Waals surface area contributed by atoms with Crippen molar-refractivity contribution in [3.8, 4) is 0 Å². The minimum absolute atomic E-state index is 0.0180. The van der Waals surface area contributed by atoms with Gasteiger partial charge in [0.15, 0.2) is 0 Å². The Hall–Kier alpha value is -1.23. The molecular weight excluding hydrogens is 224 g/mol. The first-order chi connectivity index (χ1) is 7.68. The molecule has 0 bridgehead atoms. The van der Waals surface area contributed by atoms with Crippen LogP contribution in [0.3, 0.4) is 0 Å².